The van der Waals surface area contributed by atoms with Gasteiger partial charge in [0.15, 0.2) is 0 Å². The number of hydrogen-bond acceptors (Lipinski definition) is 3. The van der Waals surface area contributed by atoms with Crippen molar-refractivity contribution in [1.29, 1.82) is 0 Å². The molecule has 0 aromatic rings. The molecular formula is C13H26N2O2. The summed E-state index contributed by atoms with van der Waals surface area (Å²) in [6.07, 6.45) is 1.03. The second kappa shape index (κ2) is 6.36. The molecule has 0 aliphatic carbocycles. The van der Waals surface area contributed by atoms with E-state index in [4.69, 9.17) is 4.74 Å². The molecule has 0 saturated carbocycles. The molecular weight excluding hydrogens is 216 g/mol. The summed E-state index contributed by atoms with van der Waals surface area (Å²) in [6, 6.07) is -0.125. The third kappa shape index (κ3) is 5.04. The van der Waals surface area contributed by atoms with Crippen molar-refractivity contribution in [3.05, 3.63) is 0 Å². The van der Waals surface area contributed by atoms with Crippen LogP contribution in [-0.4, -0.2) is 38.3 Å². The molecule has 0 aromatic carbocycles. The van der Waals surface area contributed by atoms with Gasteiger partial charge in [-0.05, 0) is 19.3 Å². The van der Waals surface area contributed by atoms with Gasteiger partial charge in [-0.15, -0.1) is 0 Å². The topological polar surface area (TPSA) is 50.4 Å². The quantitative estimate of drug-likeness (QED) is 0.704. The van der Waals surface area contributed by atoms with Gasteiger partial charge in [-0.3, -0.25) is 4.79 Å². The molecule has 4 heteroatoms. The van der Waals surface area contributed by atoms with Crippen molar-refractivity contribution in [1.82, 2.24) is 10.6 Å². The minimum Gasteiger partial charge on any atom is -0.380 e. The number of amides is 1. The number of rotatable bonds is 7. The maximum Gasteiger partial charge on any atom is 0.236 e. The van der Waals surface area contributed by atoms with Crippen LogP contribution in [0.25, 0.3) is 0 Å². The number of ether oxygens (including phenoxy) is 1. The fourth-order valence-electron chi connectivity index (χ4n) is 1.68. The summed E-state index contributed by atoms with van der Waals surface area (Å²) in [6.45, 7) is 11.6. The van der Waals surface area contributed by atoms with E-state index in [9.17, 15) is 4.79 Å². The number of carbonyl (C=O) groups is 1. The van der Waals surface area contributed by atoms with Crippen molar-refractivity contribution in [3.63, 3.8) is 0 Å². The van der Waals surface area contributed by atoms with Gasteiger partial charge < -0.3 is 15.4 Å². The van der Waals surface area contributed by atoms with Crippen LogP contribution >= 0.6 is 0 Å². The zero-order valence-electron chi connectivity index (χ0n) is 11.5. The first-order valence-corrected chi connectivity index (χ1v) is 6.52. The standard InChI is InChI=1S/C13H26N2O2/c1-10(2)5-6-14-12(16)11(3)15-7-13(4)8-17-9-13/h10-11,15H,5-9H2,1-4H3,(H,14,16). The smallest absolute Gasteiger partial charge is 0.236 e. The average molecular weight is 242 g/mol. The van der Waals surface area contributed by atoms with Crippen molar-refractivity contribution in [3.8, 4) is 0 Å². The van der Waals surface area contributed by atoms with Gasteiger partial charge in [0, 0.05) is 18.5 Å². The Balaban J connectivity index is 2.13. The minimum atomic E-state index is -0.125. The molecule has 1 fully saturated rings. The van der Waals surface area contributed by atoms with E-state index in [2.05, 4.69) is 31.4 Å². The average Bonchev–Trinajstić information content (AvgIpc) is 2.22. The van der Waals surface area contributed by atoms with Crippen LogP contribution in [0.1, 0.15) is 34.1 Å². The van der Waals surface area contributed by atoms with E-state index < -0.39 is 0 Å². The van der Waals surface area contributed by atoms with Gasteiger partial charge in [0.05, 0.1) is 19.3 Å². The highest BCUT2D eigenvalue weighted by atomic mass is 16.5. The fourth-order valence-corrected chi connectivity index (χ4v) is 1.68. The Hall–Kier alpha value is -0.610. The van der Waals surface area contributed by atoms with Crippen molar-refractivity contribution >= 4 is 5.91 Å². The van der Waals surface area contributed by atoms with Gasteiger partial charge >= 0.3 is 0 Å². The number of hydrogen-bond donors (Lipinski definition) is 2. The van der Waals surface area contributed by atoms with Crippen LogP contribution in [0.5, 0.6) is 0 Å². The second-order valence-electron chi connectivity index (χ2n) is 5.88. The molecule has 1 aliphatic rings. The lowest BCUT2D eigenvalue weighted by atomic mass is 9.88. The highest BCUT2D eigenvalue weighted by molar-refractivity contribution is 5.81. The van der Waals surface area contributed by atoms with E-state index in [1.165, 1.54) is 0 Å². The van der Waals surface area contributed by atoms with Gasteiger partial charge in [0.25, 0.3) is 0 Å². The Labute approximate surface area is 104 Å². The Bertz CT molecular complexity index is 250. The predicted octanol–water partition coefficient (Wildman–Crippen LogP) is 1.16. The predicted molar refractivity (Wildman–Crippen MR) is 68.9 cm³/mol. The van der Waals surface area contributed by atoms with Crippen LogP contribution in [0, 0.1) is 11.3 Å². The first-order valence-electron chi connectivity index (χ1n) is 6.52. The summed E-state index contributed by atoms with van der Waals surface area (Å²) in [7, 11) is 0. The Morgan fingerprint density at radius 2 is 2.00 bits per heavy atom. The molecule has 1 heterocycles. The highest BCUT2D eigenvalue weighted by Crippen LogP contribution is 2.25. The van der Waals surface area contributed by atoms with Gasteiger partial charge in [-0.2, -0.15) is 0 Å². The highest BCUT2D eigenvalue weighted by Gasteiger charge is 2.33. The molecule has 1 atom stereocenters. The van der Waals surface area contributed by atoms with Crippen LogP contribution in [0.15, 0.2) is 0 Å². The normalized spacial score (nSPS) is 19.8. The molecule has 1 amide bonds. The van der Waals surface area contributed by atoms with Crippen LogP contribution in [0.4, 0.5) is 0 Å². The van der Waals surface area contributed by atoms with E-state index >= 15 is 0 Å². The van der Waals surface area contributed by atoms with Gasteiger partial charge in [-0.25, -0.2) is 0 Å². The largest absolute Gasteiger partial charge is 0.380 e. The summed E-state index contributed by atoms with van der Waals surface area (Å²) in [5.74, 6) is 0.721. The molecule has 0 aromatic heterocycles. The molecule has 1 unspecified atom stereocenters. The Kier molecular flexibility index (Phi) is 5.40. The maximum absolute atomic E-state index is 11.7. The number of nitrogens with one attached hydrogen (secondary N) is 2. The summed E-state index contributed by atoms with van der Waals surface area (Å²) < 4.78 is 5.18. The summed E-state index contributed by atoms with van der Waals surface area (Å²) in [5.41, 5.74) is 0.215. The van der Waals surface area contributed by atoms with Gasteiger partial charge in [0.2, 0.25) is 5.91 Å². The molecule has 2 N–H and O–H groups in total. The Morgan fingerprint density at radius 3 is 2.47 bits per heavy atom. The van der Waals surface area contributed by atoms with Crippen molar-refractivity contribution < 1.29 is 9.53 Å². The molecule has 1 saturated heterocycles. The first kappa shape index (κ1) is 14.5. The molecule has 0 bridgehead atoms. The summed E-state index contributed by atoms with van der Waals surface area (Å²) in [4.78, 5) is 11.7. The number of carbonyl (C=O) groups excluding carboxylic acids is 1. The van der Waals surface area contributed by atoms with E-state index in [0.29, 0.717) is 5.92 Å². The van der Waals surface area contributed by atoms with Crippen molar-refractivity contribution in [2.75, 3.05) is 26.3 Å². The van der Waals surface area contributed by atoms with Crippen LogP contribution in [-0.2, 0) is 9.53 Å². The third-order valence-corrected chi connectivity index (χ3v) is 3.15. The van der Waals surface area contributed by atoms with Crippen LogP contribution < -0.4 is 10.6 Å². The minimum absolute atomic E-state index is 0.0921. The molecule has 1 aliphatic heterocycles. The summed E-state index contributed by atoms with van der Waals surface area (Å²) >= 11 is 0. The molecule has 1 rings (SSSR count). The molecule has 0 radical (unpaired) electrons. The van der Waals surface area contributed by atoms with Gasteiger partial charge in [-0.1, -0.05) is 20.8 Å². The van der Waals surface area contributed by atoms with E-state index in [0.717, 1.165) is 32.7 Å². The van der Waals surface area contributed by atoms with E-state index in [1.807, 2.05) is 6.92 Å². The zero-order valence-corrected chi connectivity index (χ0v) is 11.5. The lowest BCUT2D eigenvalue weighted by Crippen LogP contribution is -2.52. The zero-order chi connectivity index (χ0) is 12.9. The van der Waals surface area contributed by atoms with E-state index in [1.54, 1.807) is 0 Å². The van der Waals surface area contributed by atoms with Gasteiger partial charge in [0.1, 0.15) is 0 Å². The molecule has 100 valence electrons. The van der Waals surface area contributed by atoms with Crippen molar-refractivity contribution in [2.24, 2.45) is 11.3 Å². The van der Waals surface area contributed by atoms with Crippen LogP contribution in [0.3, 0.4) is 0 Å². The van der Waals surface area contributed by atoms with E-state index in [-0.39, 0.29) is 17.4 Å². The fraction of sp³-hybridized carbons (Fsp3) is 0.923. The third-order valence-electron chi connectivity index (χ3n) is 3.15. The lowest BCUT2D eigenvalue weighted by Gasteiger charge is -2.38. The monoisotopic (exact) mass is 242 g/mol. The van der Waals surface area contributed by atoms with Crippen LogP contribution in [0.2, 0.25) is 0 Å². The lowest BCUT2D eigenvalue weighted by molar-refractivity contribution is -0.124. The second-order valence-corrected chi connectivity index (χ2v) is 5.88. The molecule has 17 heavy (non-hydrogen) atoms. The molecule has 0 spiro atoms. The molecule has 4 nitrogen and oxygen atoms in total. The Morgan fingerprint density at radius 1 is 1.35 bits per heavy atom. The maximum atomic E-state index is 11.7. The SMILES string of the molecule is CC(C)CCNC(=O)C(C)NCC1(C)COC1. The van der Waals surface area contributed by atoms with Crippen molar-refractivity contribution in [2.45, 2.75) is 40.2 Å². The summed E-state index contributed by atoms with van der Waals surface area (Å²) in [5, 5.41) is 6.22. The first-order chi connectivity index (χ1) is 7.93.